The smallest absolute Gasteiger partial charge is 0.263 e. The molecule has 2 aliphatic heterocycles. The van der Waals surface area contributed by atoms with Crippen molar-refractivity contribution in [3.63, 3.8) is 0 Å². The van der Waals surface area contributed by atoms with Crippen molar-refractivity contribution < 1.29 is 14.3 Å². The average Bonchev–Trinajstić information content (AvgIpc) is 2.93. The highest BCUT2D eigenvalue weighted by atomic mass is 35.5. The van der Waals surface area contributed by atoms with E-state index in [1.165, 1.54) is 0 Å². The molecule has 0 radical (unpaired) electrons. The Labute approximate surface area is 227 Å². The van der Waals surface area contributed by atoms with Gasteiger partial charge in [-0.25, -0.2) is 0 Å². The number of hydrogen-bond acceptors (Lipinski definition) is 4. The Kier molecular flexibility index (Phi) is 7.99. The van der Waals surface area contributed by atoms with E-state index in [0.29, 0.717) is 41.1 Å². The minimum absolute atomic E-state index is 0.00608. The number of nitrogens with one attached hydrogen (secondary N) is 1. The molecule has 0 bridgehead atoms. The molecule has 1 saturated heterocycles. The molecular formula is C29H29Cl2N3O3. The molecule has 0 aromatic heterocycles. The molecule has 3 aromatic carbocycles. The van der Waals surface area contributed by atoms with Crippen molar-refractivity contribution in [1.29, 1.82) is 0 Å². The number of carbonyl (C=O) groups is 2. The summed E-state index contributed by atoms with van der Waals surface area (Å²) in [6, 6.07) is 22.6. The van der Waals surface area contributed by atoms with Gasteiger partial charge in [-0.05, 0) is 49.2 Å². The van der Waals surface area contributed by atoms with Gasteiger partial charge in [0.15, 0.2) is 6.10 Å². The second-order valence-electron chi connectivity index (χ2n) is 9.50. The molecule has 5 rings (SSSR count). The molecule has 0 aliphatic carbocycles. The van der Waals surface area contributed by atoms with Crippen LogP contribution >= 0.6 is 23.2 Å². The van der Waals surface area contributed by atoms with Crippen LogP contribution in [0.4, 0.5) is 5.69 Å². The van der Waals surface area contributed by atoms with E-state index >= 15 is 0 Å². The van der Waals surface area contributed by atoms with Crippen molar-refractivity contribution >= 4 is 40.7 Å². The summed E-state index contributed by atoms with van der Waals surface area (Å²) in [6.45, 7) is 2.63. The third-order valence-electron chi connectivity index (χ3n) is 6.94. The Balaban J connectivity index is 1.29. The van der Waals surface area contributed by atoms with Gasteiger partial charge in [-0.15, -0.1) is 0 Å². The molecule has 2 heterocycles. The summed E-state index contributed by atoms with van der Waals surface area (Å²) in [5, 5.41) is 4.21. The Bertz CT molecular complexity index is 1250. The number of para-hydroxylation sites is 2. The third kappa shape index (κ3) is 5.93. The van der Waals surface area contributed by atoms with Gasteiger partial charge >= 0.3 is 0 Å². The van der Waals surface area contributed by atoms with E-state index in [9.17, 15) is 9.59 Å². The summed E-state index contributed by atoms with van der Waals surface area (Å²) in [4.78, 5) is 30.8. The first-order valence-electron chi connectivity index (χ1n) is 12.5. The zero-order chi connectivity index (χ0) is 25.8. The van der Waals surface area contributed by atoms with Crippen LogP contribution in [-0.4, -0.2) is 42.5 Å². The fourth-order valence-corrected chi connectivity index (χ4v) is 5.52. The van der Waals surface area contributed by atoms with Crippen LogP contribution in [0.1, 0.15) is 24.0 Å². The highest BCUT2D eigenvalue weighted by Gasteiger charge is 2.37. The summed E-state index contributed by atoms with van der Waals surface area (Å²) in [5.74, 6) is 0.105. The molecule has 6 nitrogen and oxygen atoms in total. The number of amides is 2. The highest BCUT2D eigenvalue weighted by Crippen LogP contribution is 2.35. The number of ether oxygens (including phenoxy) is 1. The van der Waals surface area contributed by atoms with Gasteiger partial charge in [-0.1, -0.05) is 71.7 Å². The molecule has 0 unspecified atom stereocenters. The van der Waals surface area contributed by atoms with Gasteiger partial charge in [0, 0.05) is 35.2 Å². The summed E-state index contributed by atoms with van der Waals surface area (Å²) in [5.41, 5.74) is 2.58. The number of benzene rings is 3. The molecule has 2 aliphatic rings. The Morgan fingerprint density at radius 3 is 2.43 bits per heavy atom. The zero-order valence-corrected chi connectivity index (χ0v) is 21.9. The van der Waals surface area contributed by atoms with E-state index in [-0.39, 0.29) is 24.3 Å². The number of nitrogens with zero attached hydrogens (tertiary/aromatic N) is 2. The van der Waals surface area contributed by atoms with Gasteiger partial charge in [-0.2, -0.15) is 0 Å². The van der Waals surface area contributed by atoms with E-state index in [1.807, 2.05) is 66.7 Å². The van der Waals surface area contributed by atoms with E-state index < -0.39 is 6.10 Å². The van der Waals surface area contributed by atoms with Crippen LogP contribution in [0.25, 0.3) is 0 Å². The lowest BCUT2D eigenvalue weighted by Crippen LogP contribution is -2.53. The molecule has 3 aromatic rings. The zero-order valence-electron chi connectivity index (χ0n) is 20.4. The second-order valence-corrected chi connectivity index (χ2v) is 10.3. The molecule has 0 spiro atoms. The maximum atomic E-state index is 13.9. The summed E-state index contributed by atoms with van der Waals surface area (Å²) in [6.07, 6.45) is 0.894. The van der Waals surface area contributed by atoms with Crippen LogP contribution in [-0.2, 0) is 22.7 Å². The monoisotopic (exact) mass is 537 g/mol. The SMILES string of the molecule is O=C(NCc1ccccc1)[C@@H]1CN(C(=O)[C@@H]2CCCN(Cc3c(Cl)cccc3Cl)C2)c2ccccc2O1. The lowest BCUT2D eigenvalue weighted by Gasteiger charge is -2.38. The van der Waals surface area contributed by atoms with Gasteiger partial charge in [0.05, 0.1) is 18.2 Å². The number of anilines is 1. The largest absolute Gasteiger partial charge is 0.477 e. The third-order valence-corrected chi connectivity index (χ3v) is 7.65. The summed E-state index contributed by atoms with van der Waals surface area (Å²) in [7, 11) is 0. The van der Waals surface area contributed by atoms with Crippen molar-refractivity contribution in [3.8, 4) is 5.75 Å². The lowest BCUT2D eigenvalue weighted by molar-refractivity contribution is -0.129. The van der Waals surface area contributed by atoms with Crippen LogP contribution in [0, 0.1) is 5.92 Å². The van der Waals surface area contributed by atoms with Gasteiger partial charge in [-0.3, -0.25) is 14.5 Å². The number of carbonyl (C=O) groups excluding carboxylic acids is 2. The average molecular weight is 538 g/mol. The van der Waals surface area contributed by atoms with Crippen LogP contribution in [0.3, 0.4) is 0 Å². The predicted octanol–water partition coefficient (Wildman–Crippen LogP) is 5.32. The Morgan fingerprint density at radius 1 is 0.919 bits per heavy atom. The van der Waals surface area contributed by atoms with E-state index in [4.69, 9.17) is 27.9 Å². The van der Waals surface area contributed by atoms with Crippen molar-refractivity contribution in [3.05, 3.63) is 94.0 Å². The standard InChI is InChI=1S/C29H29Cl2N3O3/c30-23-11-6-12-24(31)22(23)18-33-15-7-10-21(17-33)29(36)34-19-27(37-26-14-5-4-13-25(26)34)28(35)32-16-20-8-2-1-3-9-20/h1-6,8-9,11-14,21,27H,7,10,15-19H2,(H,32,35)/t21-,27+/m1/s1. The fraction of sp³-hybridized carbons (Fsp3) is 0.310. The number of hydrogen-bond donors (Lipinski definition) is 1. The first-order chi connectivity index (χ1) is 18.0. The van der Waals surface area contributed by atoms with E-state index in [0.717, 1.165) is 30.5 Å². The van der Waals surface area contributed by atoms with Gasteiger partial charge < -0.3 is 15.0 Å². The quantitative estimate of drug-likeness (QED) is 0.462. The molecule has 1 fully saturated rings. The first kappa shape index (κ1) is 25.6. The molecule has 2 atom stereocenters. The maximum Gasteiger partial charge on any atom is 0.263 e. The topological polar surface area (TPSA) is 61.9 Å². The number of likely N-dealkylation sites (tertiary alicyclic amines) is 1. The Morgan fingerprint density at radius 2 is 1.65 bits per heavy atom. The van der Waals surface area contributed by atoms with E-state index in [2.05, 4.69) is 10.2 Å². The lowest BCUT2D eigenvalue weighted by atomic mass is 9.95. The highest BCUT2D eigenvalue weighted by molar-refractivity contribution is 6.35. The molecule has 37 heavy (non-hydrogen) atoms. The van der Waals surface area contributed by atoms with Crippen LogP contribution in [0.5, 0.6) is 5.75 Å². The van der Waals surface area contributed by atoms with Crippen LogP contribution in [0.2, 0.25) is 10.0 Å². The Hall–Kier alpha value is -3.06. The molecule has 1 N–H and O–H groups in total. The van der Waals surface area contributed by atoms with Crippen LogP contribution in [0.15, 0.2) is 72.8 Å². The van der Waals surface area contributed by atoms with Gasteiger partial charge in [0.25, 0.3) is 5.91 Å². The van der Waals surface area contributed by atoms with Gasteiger partial charge in [0.2, 0.25) is 5.91 Å². The van der Waals surface area contributed by atoms with Crippen molar-refractivity contribution in [2.75, 3.05) is 24.5 Å². The molecule has 0 saturated carbocycles. The fourth-order valence-electron chi connectivity index (χ4n) is 5.01. The molecular weight excluding hydrogens is 509 g/mol. The minimum Gasteiger partial charge on any atom is -0.477 e. The predicted molar refractivity (Wildman–Crippen MR) is 146 cm³/mol. The number of piperidine rings is 1. The summed E-state index contributed by atoms with van der Waals surface area (Å²) >= 11 is 12.8. The first-order valence-corrected chi connectivity index (χ1v) is 13.3. The summed E-state index contributed by atoms with van der Waals surface area (Å²) < 4.78 is 6.03. The molecule has 192 valence electrons. The van der Waals surface area contributed by atoms with Crippen molar-refractivity contribution in [1.82, 2.24) is 10.2 Å². The number of fused-ring (bicyclic) bond motifs is 1. The van der Waals surface area contributed by atoms with Crippen molar-refractivity contribution in [2.24, 2.45) is 5.92 Å². The van der Waals surface area contributed by atoms with Crippen LogP contribution < -0.4 is 15.0 Å². The maximum absolute atomic E-state index is 13.9. The van der Waals surface area contributed by atoms with Gasteiger partial charge in [0.1, 0.15) is 5.75 Å². The van der Waals surface area contributed by atoms with E-state index in [1.54, 1.807) is 11.0 Å². The number of rotatable bonds is 6. The second kappa shape index (κ2) is 11.5. The van der Waals surface area contributed by atoms with Crippen molar-refractivity contribution in [2.45, 2.75) is 32.0 Å². The molecule has 2 amide bonds. The minimum atomic E-state index is -0.788. The normalized spacial score (nSPS) is 19.6. The number of halogens is 2. The molecule has 8 heteroatoms.